The maximum atomic E-state index is 11.3. The summed E-state index contributed by atoms with van der Waals surface area (Å²) >= 11 is 0. The molecular weight excluding hydrogens is 178 g/mol. The van der Waals surface area contributed by atoms with E-state index in [1.807, 2.05) is 0 Å². The molecule has 1 saturated carbocycles. The highest BCUT2D eigenvalue weighted by Gasteiger charge is 2.30. The molecule has 0 aliphatic heterocycles. The summed E-state index contributed by atoms with van der Waals surface area (Å²) in [5.74, 6) is 0.0761. The van der Waals surface area contributed by atoms with E-state index in [0.717, 1.165) is 38.5 Å². The molecule has 3 heteroatoms. The topological polar surface area (TPSA) is 49.3 Å². The number of rotatable bonds is 5. The highest BCUT2D eigenvalue weighted by Crippen LogP contribution is 2.28. The molecule has 0 atom stereocenters. The lowest BCUT2D eigenvalue weighted by atomic mass is 10.0. The predicted molar refractivity (Wildman–Crippen MR) is 56.0 cm³/mol. The van der Waals surface area contributed by atoms with Crippen LogP contribution in [0.2, 0.25) is 0 Å². The van der Waals surface area contributed by atoms with Crippen LogP contribution in [0.5, 0.6) is 0 Å². The normalized spacial score (nSPS) is 19.6. The second-order valence-electron chi connectivity index (χ2n) is 4.31. The Hall–Kier alpha value is -0.570. The third-order valence-corrected chi connectivity index (χ3v) is 2.91. The average molecular weight is 199 g/mol. The molecule has 2 N–H and O–H groups in total. The summed E-state index contributed by atoms with van der Waals surface area (Å²) in [6.45, 7) is 2.51. The van der Waals surface area contributed by atoms with Gasteiger partial charge < -0.3 is 10.4 Å². The lowest BCUT2D eigenvalue weighted by Gasteiger charge is -2.22. The summed E-state index contributed by atoms with van der Waals surface area (Å²) in [6.07, 6.45) is 6.40. The van der Waals surface area contributed by atoms with Gasteiger partial charge in [0, 0.05) is 13.0 Å². The molecule has 1 aliphatic rings. The highest BCUT2D eigenvalue weighted by atomic mass is 16.3. The minimum absolute atomic E-state index is 0.0761. The number of unbranched alkanes of at least 4 members (excludes halogenated alkanes) is 1. The molecule has 1 amide bonds. The number of aliphatic hydroxyl groups is 1. The van der Waals surface area contributed by atoms with Gasteiger partial charge in [-0.25, -0.2) is 0 Å². The summed E-state index contributed by atoms with van der Waals surface area (Å²) in [5, 5.41) is 12.8. The molecular formula is C11H21NO2. The zero-order valence-corrected chi connectivity index (χ0v) is 9.01. The van der Waals surface area contributed by atoms with Crippen LogP contribution in [0, 0.1) is 0 Å². The molecule has 14 heavy (non-hydrogen) atoms. The van der Waals surface area contributed by atoms with Gasteiger partial charge in [0.2, 0.25) is 5.91 Å². The van der Waals surface area contributed by atoms with Crippen LogP contribution >= 0.6 is 0 Å². The van der Waals surface area contributed by atoms with Crippen LogP contribution in [0.4, 0.5) is 0 Å². The molecule has 0 heterocycles. The van der Waals surface area contributed by atoms with Gasteiger partial charge in [-0.3, -0.25) is 4.79 Å². The Labute approximate surface area is 85.9 Å². The van der Waals surface area contributed by atoms with Crippen molar-refractivity contribution in [2.24, 2.45) is 0 Å². The molecule has 0 spiro atoms. The second-order valence-corrected chi connectivity index (χ2v) is 4.31. The van der Waals surface area contributed by atoms with Crippen molar-refractivity contribution in [2.45, 2.75) is 57.5 Å². The number of nitrogens with one attached hydrogen (secondary N) is 1. The summed E-state index contributed by atoms with van der Waals surface area (Å²) in [5.41, 5.74) is -0.609. The van der Waals surface area contributed by atoms with Gasteiger partial charge in [0.15, 0.2) is 0 Å². The Morgan fingerprint density at radius 3 is 2.64 bits per heavy atom. The van der Waals surface area contributed by atoms with Gasteiger partial charge >= 0.3 is 0 Å². The number of hydrogen-bond acceptors (Lipinski definition) is 2. The van der Waals surface area contributed by atoms with Crippen molar-refractivity contribution < 1.29 is 9.90 Å². The Balaban J connectivity index is 2.15. The first-order chi connectivity index (χ1) is 6.66. The van der Waals surface area contributed by atoms with Gasteiger partial charge in [-0.1, -0.05) is 26.2 Å². The number of hydrogen-bond donors (Lipinski definition) is 2. The Morgan fingerprint density at radius 2 is 2.07 bits per heavy atom. The largest absolute Gasteiger partial charge is 0.388 e. The zero-order chi connectivity index (χ0) is 10.4. The van der Waals surface area contributed by atoms with Crippen molar-refractivity contribution >= 4 is 5.91 Å². The molecule has 82 valence electrons. The quantitative estimate of drug-likeness (QED) is 0.706. The summed E-state index contributed by atoms with van der Waals surface area (Å²) in [7, 11) is 0. The number of amides is 1. The summed E-state index contributed by atoms with van der Waals surface area (Å²) in [4.78, 5) is 11.3. The van der Waals surface area contributed by atoms with Crippen LogP contribution in [-0.2, 0) is 4.79 Å². The van der Waals surface area contributed by atoms with Gasteiger partial charge in [0.25, 0.3) is 0 Å². The van der Waals surface area contributed by atoms with E-state index in [1.54, 1.807) is 0 Å². The molecule has 0 aromatic carbocycles. The molecule has 3 nitrogen and oxygen atoms in total. The van der Waals surface area contributed by atoms with E-state index in [0.29, 0.717) is 13.0 Å². The summed E-state index contributed by atoms with van der Waals surface area (Å²) in [6, 6.07) is 0. The molecule has 0 aromatic rings. The van der Waals surface area contributed by atoms with E-state index < -0.39 is 5.60 Å². The van der Waals surface area contributed by atoms with E-state index in [2.05, 4.69) is 12.2 Å². The van der Waals surface area contributed by atoms with E-state index in [1.165, 1.54) is 0 Å². The van der Waals surface area contributed by atoms with Gasteiger partial charge in [-0.05, 0) is 19.3 Å². The van der Waals surface area contributed by atoms with Crippen molar-refractivity contribution in [3.8, 4) is 0 Å². The molecule has 0 aromatic heterocycles. The molecule has 0 bridgehead atoms. The number of carbonyl (C=O) groups is 1. The molecule has 0 unspecified atom stereocenters. The maximum Gasteiger partial charge on any atom is 0.220 e. The molecule has 1 aliphatic carbocycles. The van der Waals surface area contributed by atoms with Gasteiger partial charge in [-0.15, -0.1) is 0 Å². The first-order valence-corrected chi connectivity index (χ1v) is 5.65. The van der Waals surface area contributed by atoms with E-state index in [4.69, 9.17) is 0 Å². The van der Waals surface area contributed by atoms with Crippen LogP contribution in [0.25, 0.3) is 0 Å². The van der Waals surface area contributed by atoms with Crippen molar-refractivity contribution in [1.82, 2.24) is 5.32 Å². The van der Waals surface area contributed by atoms with E-state index >= 15 is 0 Å². The minimum atomic E-state index is -0.609. The zero-order valence-electron chi connectivity index (χ0n) is 9.01. The van der Waals surface area contributed by atoms with Gasteiger partial charge in [0.1, 0.15) is 0 Å². The monoisotopic (exact) mass is 199 g/mol. The fraction of sp³-hybridized carbons (Fsp3) is 0.909. The predicted octanol–water partition coefficient (Wildman–Crippen LogP) is 1.60. The average Bonchev–Trinajstić information content (AvgIpc) is 2.60. The lowest BCUT2D eigenvalue weighted by molar-refractivity contribution is -0.122. The van der Waals surface area contributed by atoms with Crippen molar-refractivity contribution in [2.75, 3.05) is 6.54 Å². The van der Waals surface area contributed by atoms with Crippen LogP contribution < -0.4 is 5.32 Å². The minimum Gasteiger partial charge on any atom is -0.388 e. The second kappa shape index (κ2) is 5.35. The van der Waals surface area contributed by atoms with Crippen LogP contribution in [0.1, 0.15) is 51.9 Å². The number of carbonyl (C=O) groups excluding carboxylic acids is 1. The fourth-order valence-electron chi connectivity index (χ4n) is 1.90. The first kappa shape index (κ1) is 11.5. The van der Waals surface area contributed by atoms with Crippen molar-refractivity contribution in [3.05, 3.63) is 0 Å². The van der Waals surface area contributed by atoms with Crippen LogP contribution in [0.15, 0.2) is 0 Å². The van der Waals surface area contributed by atoms with Gasteiger partial charge in [-0.2, -0.15) is 0 Å². The van der Waals surface area contributed by atoms with Crippen LogP contribution in [0.3, 0.4) is 0 Å². The SMILES string of the molecule is CCCCC(=O)NCC1(O)CCCC1. The molecule has 0 saturated heterocycles. The standard InChI is InChI=1S/C11H21NO2/c1-2-3-6-10(13)12-9-11(14)7-4-5-8-11/h14H,2-9H2,1H3,(H,12,13). The third kappa shape index (κ3) is 3.66. The summed E-state index contributed by atoms with van der Waals surface area (Å²) < 4.78 is 0. The first-order valence-electron chi connectivity index (χ1n) is 5.65. The van der Waals surface area contributed by atoms with Gasteiger partial charge in [0.05, 0.1) is 5.60 Å². The highest BCUT2D eigenvalue weighted by molar-refractivity contribution is 5.75. The van der Waals surface area contributed by atoms with Crippen molar-refractivity contribution in [1.29, 1.82) is 0 Å². The van der Waals surface area contributed by atoms with E-state index in [-0.39, 0.29) is 5.91 Å². The molecule has 0 radical (unpaired) electrons. The fourth-order valence-corrected chi connectivity index (χ4v) is 1.90. The maximum absolute atomic E-state index is 11.3. The Kier molecular flexibility index (Phi) is 4.39. The van der Waals surface area contributed by atoms with E-state index in [9.17, 15) is 9.90 Å². The lowest BCUT2D eigenvalue weighted by Crippen LogP contribution is -2.40. The molecule has 1 fully saturated rings. The van der Waals surface area contributed by atoms with Crippen molar-refractivity contribution in [3.63, 3.8) is 0 Å². The Morgan fingerprint density at radius 1 is 1.43 bits per heavy atom. The Bertz CT molecular complexity index is 186. The smallest absolute Gasteiger partial charge is 0.220 e. The van der Waals surface area contributed by atoms with Crippen LogP contribution in [-0.4, -0.2) is 23.2 Å². The molecule has 1 rings (SSSR count). The third-order valence-electron chi connectivity index (χ3n) is 2.91.